The Hall–Kier alpha value is -4.20. The minimum atomic E-state index is -1.16. The van der Waals surface area contributed by atoms with Crippen molar-refractivity contribution >= 4 is 46.1 Å². The van der Waals surface area contributed by atoms with Gasteiger partial charge in [-0.2, -0.15) is 0 Å². The molecule has 1 heterocycles. The average Bonchev–Trinajstić information content (AvgIpc) is 2.91. The molecule has 1 aromatic heterocycles. The first-order valence-corrected chi connectivity index (χ1v) is 12.3. The van der Waals surface area contributed by atoms with Crippen LogP contribution in [-0.2, 0) is 0 Å². The standard InChI is InChI=1S/C30H28ClN3O4/c1-30(2,38)19-34(24-7-5-4-6-8-24)26-16-20(15-21(17-26)29(36)37)28(35)27-14-13-25(18-32-27)33(3)23-11-9-22(31)10-12-23/h4-18,38H,19H2,1-3H3,(H,36,37). The number of carbonyl (C=O) groups is 2. The van der Waals surface area contributed by atoms with Crippen LogP contribution in [0.4, 0.5) is 22.7 Å². The van der Waals surface area contributed by atoms with Crippen LogP contribution < -0.4 is 9.80 Å². The number of hydrogen-bond acceptors (Lipinski definition) is 6. The summed E-state index contributed by atoms with van der Waals surface area (Å²) in [4.78, 5) is 33.5. The van der Waals surface area contributed by atoms with Crippen molar-refractivity contribution < 1.29 is 19.8 Å². The molecule has 0 unspecified atom stereocenters. The number of aliphatic hydroxyl groups is 1. The van der Waals surface area contributed by atoms with Crippen molar-refractivity contribution in [3.8, 4) is 0 Å². The summed E-state index contributed by atoms with van der Waals surface area (Å²) in [5, 5.41) is 21.0. The van der Waals surface area contributed by atoms with Crippen LogP contribution in [0, 0.1) is 0 Å². The van der Waals surface area contributed by atoms with Crippen LogP contribution in [0.3, 0.4) is 0 Å². The Labute approximate surface area is 226 Å². The molecule has 0 saturated heterocycles. The predicted molar refractivity (Wildman–Crippen MR) is 150 cm³/mol. The third-order valence-corrected chi connectivity index (χ3v) is 6.19. The number of carbonyl (C=O) groups excluding carboxylic acids is 1. The smallest absolute Gasteiger partial charge is 0.335 e. The minimum Gasteiger partial charge on any atom is -0.478 e. The van der Waals surface area contributed by atoms with Gasteiger partial charge < -0.3 is 20.0 Å². The van der Waals surface area contributed by atoms with E-state index in [4.69, 9.17) is 11.6 Å². The molecular formula is C30H28ClN3O4. The Kier molecular flexibility index (Phi) is 7.80. The summed E-state index contributed by atoms with van der Waals surface area (Å²) in [7, 11) is 1.88. The second-order valence-corrected chi connectivity index (χ2v) is 10.0. The SMILES string of the molecule is CN(c1ccc(Cl)cc1)c1ccc(C(=O)c2cc(C(=O)O)cc(N(CC(C)(C)O)c3ccccc3)c2)nc1. The van der Waals surface area contributed by atoms with E-state index in [0.29, 0.717) is 10.7 Å². The summed E-state index contributed by atoms with van der Waals surface area (Å²) in [5.74, 6) is -1.57. The quantitative estimate of drug-likeness (QED) is 0.244. The molecule has 0 amide bonds. The number of nitrogens with zero attached hydrogens (tertiary/aromatic N) is 3. The van der Waals surface area contributed by atoms with Gasteiger partial charge in [0.15, 0.2) is 0 Å². The number of rotatable bonds is 9. The number of aromatic carboxylic acids is 1. The number of ketones is 1. The lowest BCUT2D eigenvalue weighted by molar-refractivity contribution is 0.0697. The number of aromatic nitrogens is 1. The molecule has 0 bridgehead atoms. The van der Waals surface area contributed by atoms with Crippen molar-refractivity contribution in [2.75, 3.05) is 23.4 Å². The van der Waals surface area contributed by atoms with Crippen LogP contribution in [-0.4, -0.2) is 46.1 Å². The van der Waals surface area contributed by atoms with Crippen LogP contribution in [0.2, 0.25) is 5.02 Å². The van der Waals surface area contributed by atoms with Crippen molar-refractivity contribution in [3.63, 3.8) is 0 Å². The van der Waals surface area contributed by atoms with Crippen LogP contribution >= 0.6 is 11.6 Å². The molecule has 194 valence electrons. The first kappa shape index (κ1) is 26.9. The van der Waals surface area contributed by atoms with Gasteiger partial charge in [0.25, 0.3) is 0 Å². The van der Waals surface area contributed by atoms with Crippen LogP contribution in [0.5, 0.6) is 0 Å². The highest BCUT2D eigenvalue weighted by Gasteiger charge is 2.23. The van der Waals surface area contributed by atoms with E-state index >= 15 is 0 Å². The van der Waals surface area contributed by atoms with E-state index in [1.165, 1.54) is 12.1 Å². The van der Waals surface area contributed by atoms with Gasteiger partial charge >= 0.3 is 5.97 Å². The normalized spacial score (nSPS) is 11.2. The predicted octanol–water partition coefficient (Wildman–Crippen LogP) is 6.34. The van der Waals surface area contributed by atoms with E-state index < -0.39 is 17.4 Å². The Balaban J connectivity index is 1.69. The van der Waals surface area contributed by atoms with Gasteiger partial charge in [-0.15, -0.1) is 0 Å². The Morgan fingerprint density at radius 3 is 2.05 bits per heavy atom. The zero-order chi connectivity index (χ0) is 27.4. The van der Waals surface area contributed by atoms with E-state index in [-0.39, 0.29) is 23.4 Å². The van der Waals surface area contributed by atoms with Crippen molar-refractivity contribution in [2.24, 2.45) is 0 Å². The van der Waals surface area contributed by atoms with E-state index in [1.807, 2.05) is 54.4 Å². The maximum atomic E-state index is 13.5. The van der Waals surface area contributed by atoms with Gasteiger partial charge in [0.05, 0.1) is 29.6 Å². The highest BCUT2D eigenvalue weighted by Crippen LogP contribution is 2.30. The lowest BCUT2D eigenvalue weighted by Gasteiger charge is -2.31. The van der Waals surface area contributed by atoms with Gasteiger partial charge in [-0.1, -0.05) is 29.8 Å². The fourth-order valence-corrected chi connectivity index (χ4v) is 4.15. The highest BCUT2D eigenvalue weighted by atomic mass is 35.5. The summed E-state index contributed by atoms with van der Waals surface area (Å²) >= 11 is 5.98. The van der Waals surface area contributed by atoms with Crippen molar-refractivity contribution in [2.45, 2.75) is 19.4 Å². The molecule has 0 aliphatic carbocycles. The van der Waals surface area contributed by atoms with Gasteiger partial charge in [-0.05, 0) is 80.6 Å². The molecule has 4 aromatic rings. The number of para-hydroxylation sites is 1. The summed E-state index contributed by atoms with van der Waals surface area (Å²) < 4.78 is 0. The zero-order valence-electron chi connectivity index (χ0n) is 21.3. The number of halogens is 1. The summed E-state index contributed by atoms with van der Waals surface area (Å²) in [6.45, 7) is 3.52. The fourth-order valence-electron chi connectivity index (χ4n) is 4.03. The van der Waals surface area contributed by atoms with Crippen LogP contribution in [0.15, 0.2) is 91.1 Å². The van der Waals surface area contributed by atoms with Gasteiger partial charge in [-0.25, -0.2) is 4.79 Å². The third-order valence-electron chi connectivity index (χ3n) is 5.93. The molecule has 4 rings (SSSR count). The lowest BCUT2D eigenvalue weighted by Crippen LogP contribution is -2.36. The molecule has 7 nitrogen and oxygen atoms in total. The number of carboxylic acid groups (broad SMARTS) is 1. The molecule has 38 heavy (non-hydrogen) atoms. The average molecular weight is 530 g/mol. The monoisotopic (exact) mass is 529 g/mol. The molecule has 0 aliphatic rings. The number of hydrogen-bond donors (Lipinski definition) is 2. The molecular weight excluding hydrogens is 502 g/mol. The van der Waals surface area contributed by atoms with E-state index in [1.54, 1.807) is 55.3 Å². The molecule has 0 spiro atoms. The molecule has 2 N–H and O–H groups in total. The largest absolute Gasteiger partial charge is 0.478 e. The molecule has 0 radical (unpaired) electrons. The first-order valence-electron chi connectivity index (χ1n) is 12.0. The highest BCUT2D eigenvalue weighted by molar-refractivity contribution is 6.30. The first-order chi connectivity index (χ1) is 18.0. The van der Waals surface area contributed by atoms with Gasteiger partial charge in [-0.3, -0.25) is 9.78 Å². The van der Waals surface area contributed by atoms with Gasteiger partial charge in [0.2, 0.25) is 5.78 Å². The van der Waals surface area contributed by atoms with Crippen LogP contribution in [0.25, 0.3) is 0 Å². The van der Waals surface area contributed by atoms with Gasteiger partial charge in [0, 0.05) is 34.7 Å². The number of pyridine rings is 1. The maximum absolute atomic E-state index is 13.5. The molecule has 3 aromatic carbocycles. The zero-order valence-corrected chi connectivity index (χ0v) is 22.1. The fraction of sp³-hybridized carbons (Fsp3) is 0.167. The molecule has 8 heteroatoms. The van der Waals surface area contributed by atoms with Crippen molar-refractivity contribution in [1.29, 1.82) is 0 Å². The number of carboxylic acids is 1. The van der Waals surface area contributed by atoms with Gasteiger partial charge in [0.1, 0.15) is 5.69 Å². The minimum absolute atomic E-state index is 0.0402. The van der Waals surface area contributed by atoms with E-state index in [2.05, 4.69) is 4.98 Å². The van der Waals surface area contributed by atoms with E-state index in [9.17, 15) is 19.8 Å². The van der Waals surface area contributed by atoms with E-state index in [0.717, 1.165) is 17.1 Å². The second-order valence-electron chi connectivity index (χ2n) is 9.57. The number of benzene rings is 3. The third kappa shape index (κ3) is 6.37. The van der Waals surface area contributed by atoms with Crippen LogP contribution in [0.1, 0.15) is 40.3 Å². The summed E-state index contributed by atoms with van der Waals surface area (Å²) in [5.41, 5.74) is 2.13. The topological polar surface area (TPSA) is 94.0 Å². The molecule has 0 saturated carbocycles. The summed E-state index contributed by atoms with van der Waals surface area (Å²) in [6, 6.07) is 24.5. The maximum Gasteiger partial charge on any atom is 0.335 e. The van der Waals surface area contributed by atoms with Crippen molar-refractivity contribution in [1.82, 2.24) is 4.98 Å². The summed E-state index contributed by atoms with van der Waals surface area (Å²) in [6.07, 6.45) is 1.59. The molecule has 0 fully saturated rings. The Morgan fingerprint density at radius 2 is 1.47 bits per heavy atom. The Bertz CT molecular complexity index is 1430. The molecule has 0 aliphatic heterocycles. The lowest BCUT2D eigenvalue weighted by atomic mass is 10.0. The number of anilines is 4. The molecule has 0 atom stereocenters. The Morgan fingerprint density at radius 1 is 0.842 bits per heavy atom. The second kappa shape index (κ2) is 11.0. The van der Waals surface area contributed by atoms with Crippen molar-refractivity contribution in [3.05, 3.63) is 113 Å².